The summed E-state index contributed by atoms with van der Waals surface area (Å²) < 4.78 is 13.0. The van der Waals surface area contributed by atoms with E-state index in [9.17, 15) is 4.39 Å². The summed E-state index contributed by atoms with van der Waals surface area (Å²) in [5, 5.41) is -1.10. The molecule has 0 nitrogen and oxygen atoms in total. The zero-order chi connectivity index (χ0) is 10.7. The van der Waals surface area contributed by atoms with Gasteiger partial charge in [-0.3, -0.25) is 0 Å². The van der Waals surface area contributed by atoms with Crippen molar-refractivity contribution in [2.75, 3.05) is 0 Å². The molecule has 0 saturated heterocycles. The molecule has 0 saturated carbocycles. The van der Waals surface area contributed by atoms with E-state index in [1.54, 1.807) is 6.07 Å². The Bertz CT molecular complexity index is 437. The van der Waals surface area contributed by atoms with E-state index in [1.807, 2.05) is 48.5 Å². The van der Waals surface area contributed by atoms with Gasteiger partial charge in [-0.05, 0) is 38.7 Å². The van der Waals surface area contributed by atoms with Gasteiger partial charge in [0.05, 0.1) is 0 Å². The summed E-state index contributed by atoms with van der Waals surface area (Å²) in [6, 6.07) is 17.4. The van der Waals surface area contributed by atoms with Crippen molar-refractivity contribution < 1.29 is 4.39 Å². The standard InChI is InChI=1S/C13H10BrF/c14-13(15)12-8-4-7-11(9-12)10-5-2-1-3-6-10/h1-9,13H. The first-order valence-corrected chi connectivity index (χ1v) is 5.62. The lowest BCUT2D eigenvalue weighted by atomic mass is 10.0. The molecule has 0 aromatic heterocycles. The molecule has 15 heavy (non-hydrogen) atoms. The van der Waals surface area contributed by atoms with Gasteiger partial charge in [-0.2, -0.15) is 0 Å². The van der Waals surface area contributed by atoms with Crippen molar-refractivity contribution in [3.8, 4) is 11.1 Å². The van der Waals surface area contributed by atoms with Crippen molar-refractivity contribution in [3.63, 3.8) is 0 Å². The van der Waals surface area contributed by atoms with Crippen LogP contribution in [-0.4, -0.2) is 0 Å². The first-order chi connectivity index (χ1) is 7.27. The lowest BCUT2D eigenvalue weighted by molar-refractivity contribution is 0.479. The Labute approximate surface area is 96.9 Å². The highest BCUT2D eigenvalue weighted by Gasteiger charge is 2.05. The van der Waals surface area contributed by atoms with E-state index in [4.69, 9.17) is 0 Å². The smallest absolute Gasteiger partial charge is 0.180 e. The topological polar surface area (TPSA) is 0 Å². The van der Waals surface area contributed by atoms with Crippen molar-refractivity contribution >= 4 is 15.9 Å². The van der Waals surface area contributed by atoms with Crippen LogP contribution in [-0.2, 0) is 0 Å². The van der Waals surface area contributed by atoms with Crippen LogP contribution in [0.1, 0.15) is 10.6 Å². The Kier molecular flexibility index (Phi) is 3.17. The van der Waals surface area contributed by atoms with Crippen molar-refractivity contribution in [3.05, 3.63) is 60.2 Å². The van der Waals surface area contributed by atoms with E-state index in [2.05, 4.69) is 15.9 Å². The summed E-state index contributed by atoms with van der Waals surface area (Å²) in [6.45, 7) is 0. The molecule has 2 aromatic rings. The Morgan fingerprint density at radius 3 is 2.20 bits per heavy atom. The third kappa shape index (κ3) is 2.45. The van der Waals surface area contributed by atoms with Crippen LogP contribution in [0.2, 0.25) is 0 Å². The molecule has 1 atom stereocenters. The third-order valence-corrected chi connectivity index (χ3v) is 2.77. The van der Waals surface area contributed by atoms with E-state index >= 15 is 0 Å². The predicted molar refractivity (Wildman–Crippen MR) is 64.7 cm³/mol. The second-order valence-electron chi connectivity index (χ2n) is 3.29. The molecule has 76 valence electrons. The molecule has 0 N–H and O–H groups in total. The second-order valence-corrected chi connectivity index (χ2v) is 4.10. The van der Waals surface area contributed by atoms with Crippen molar-refractivity contribution in [2.45, 2.75) is 5.08 Å². The van der Waals surface area contributed by atoms with Crippen LogP contribution >= 0.6 is 15.9 Å². The van der Waals surface area contributed by atoms with Crippen molar-refractivity contribution in [1.29, 1.82) is 0 Å². The number of halogens is 2. The highest BCUT2D eigenvalue weighted by molar-refractivity contribution is 9.09. The largest absolute Gasteiger partial charge is 0.230 e. The van der Waals surface area contributed by atoms with Gasteiger partial charge in [0.15, 0.2) is 5.08 Å². The molecule has 2 aromatic carbocycles. The summed E-state index contributed by atoms with van der Waals surface area (Å²) in [6.07, 6.45) is 0. The quantitative estimate of drug-likeness (QED) is 0.689. The fourth-order valence-electron chi connectivity index (χ4n) is 1.48. The SMILES string of the molecule is FC(Br)c1cccc(-c2ccccc2)c1. The molecule has 0 spiro atoms. The van der Waals surface area contributed by atoms with E-state index < -0.39 is 5.08 Å². The van der Waals surface area contributed by atoms with Gasteiger partial charge < -0.3 is 0 Å². The van der Waals surface area contributed by atoms with Crippen LogP contribution in [0.15, 0.2) is 54.6 Å². The van der Waals surface area contributed by atoms with Crippen LogP contribution in [0.25, 0.3) is 11.1 Å². The number of benzene rings is 2. The fourth-order valence-corrected chi connectivity index (χ4v) is 1.77. The highest BCUT2D eigenvalue weighted by atomic mass is 79.9. The van der Waals surface area contributed by atoms with Gasteiger partial charge >= 0.3 is 0 Å². The molecular formula is C13H10BrF. The Balaban J connectivity index is 2.42. The number of alkyl halides is 2. The second kappa shape index (κ2) is 4.58. The van der Waals surface area contributed by atoms with Crippen LogP contribution in [0.4, 0.5) is 4.39 Å². The first kappa shape index (κ1) is 10.4. The lowest BCUT2D eigenvalue weighted by Crippen LogP contribution is -1.83. The minimum absolute atomic E-state index is 0.649. The molecule has 0 aliphatic heterocycles. The molecule has 0 heterocycles. The van der Waals surface area contributed by atoms with Gasteiger partial charge in [0, 0.05) is 0 Å². The summed E-state index contributed by atoms with van der Waals surface area (Å²) in [7, 11) is 0. The zero-order valence-corrected chi connectivity index (χ0v) is 9.62. The maximum atomic E-state index is 13.0. The number of hydrogen-bond donors (Lipinski definition) is 0. The third-order valence-electron chi connectivity index (χ3n) is 2.25. The van der Waals surface area contributed by atoms with Gasteiger partial charge in [0.2, 0.25) is 0 Å². The van der Waals surface area contributed by atoms with Crippen LogP contribution < -0.4 is 0 Å². The maximum Gasteiger partial charge on any atom is 0.180 e. The molecule has 0 radical (unpaired) electrons. The molecule has 0 aliphatic carbocycles. The summed E-state index contributed by atoms with van der Waals surface area (Å²) in [5.74, 6) is 0. The fraction of sp³-hybridized carbons (Fsp3) is 0.0769. The van der Waals surface area contributed by atoms with Crippen molar-refractivity contribution in [1.82, 2.24) is 0 Å². The molecule has 0 amide bonds. The molecule has 2 heteroatoms. The first-order valence-electron chi connectivity index (χ1n) is 4.71. The molecule has 0 bridgehead atoms. The van der Waals surface area contributed by atoms with Crippen LogP contribution in [0.5, 0.6) is 0 Å². The van der Waals surface area contributed by atoms with Crippen LogP contribution in [0.3, 0.4) is 0 Å². The average Bonchev–Trinajstić information content (AvgIpc) is 2.30. The molecule has 0 aliphatic rings. The normalized spacial score (nSPS) is 12.4. The summed E-state index contributed by atoms with van der Waals surface area (Å²) >= 11 is 2.92. The van der Waals surface area contributed by atoms with Gasteiger partial charge in [-0.15, -0.1) is 0 Å². The predicted octanol–water partition coefficient (Wildman–Crippen LogP) is 4.72. The Hall–Kier alpha value is -1.15. The zero-order valence-electron chi connectivity index (χ0n) is 8.03. The Morgan fingerprint density at radius 2 is 1.53 bits per heavy atom. The van der Waals surface area contributed by atoms with Gasteiger partial charge in [0.25, 0.3) is 0 Å². The van der Waals surface area contributed by atoms with E-state index in [0.717, 1.165) is 11.1 Å². The molecule has 0 fully saturated rings. The van der Waals surface area contributed by atoms with Crippen molar-refractivity contribution in [2.24, 2.45) is 0 Å². The van der Waals surface area contributed by atoms with E-state index in [-0.39, 0.29) is 0 Å². The average molecular weight is 265 g/mol. The van der Waals surface area contributed by atoms with Gasteiger partial charge in [-0.1, -0.05) is 48.5 Å². The Morgan fingerprint density at radius 1 is 0.867 bits per heavy atom. The number of hydrogen-bond acceptors (Lipinski definition) is 0. The van der Waals surface area contributed by atoms with Gasteiger partial charge in [-0.25, -0.2) is 4.39 Å². The van der Waals surface area contributed by atoms with Gasteiger partial charge in [0.1, 0.15) is 0 Å². The minimum atomic E-state index is -1.10. The minimum Gasteiger partial charge on any atom is -0.230 e. The monoisotopic (exact) mass is 264 g/mol. The van der Waals surface area contributed by atoms with Crippen LogP contribution in [0, 0.1) is 0 Å². The molecule has 1 unspecified atom stereocenters. The van der Waals surface area contributed by atoms with E-state index in [0.29, 0.717) is 5.56 Å². The van der Waals surface area contributed by atoms with E-state index in [1.165, 1.54) is 0 Å². The number of rotatable bonds is 2. The molecule has 2 rings (SSSR count). The summed E-state index contributed by atoms with van der Waals surface area (Å²) in [4.78, 5) is 0. The summed E-state index contributed by atoms with van der Waals surface area (Å²) in [5.41, 5.74) is 2.79. The maximum absolute atomic E-state index is 13.0. The highest BCUT2D eigenvalue weighted by Crippen LogP contribution is 2.28. The molecular weight excluding hydrogens is 255 g/mol. The lowest BCUT2D eigenvalue weighted by Gasteiger charge is -2.05.